The third-order valence-corrected chi connectivity index (χ3v) is 7.31. The van der Waals surface area contributed by atoms with E-state index in [0.29, 0.717) is 33.9 Å². The van der Waals surface area contributed by atoms with Gasteiger partial charge in [-0.1, -0.05) is 11.6 Å². The highest BCUT2D eigenvalue weighted by Crippen LogP contribution is 2.50. The number of benzene rings is 1. The van der Waals surface area contributed by atoms with Gasteiger partial charge in [-0.3, -0.25) is 4.79 Å². The van der Waals surface area contributed by atoms with E-state index in [9.17, 15) is 9.59 Å². The Hall–Kier alpha value is -3.18. The number of nitriles is 1. The van der Waals surface area contributed by atoms with Gasteiger partial charge in [0.15, 0.2) is 11.5 Å². The quantitative estimate of drug-likeness (QED) is 0.653. The summed E-state index contributed by atoms with van der Waals surface area (Å²) in [5.74, 6) is 2.28. The van der Waals surface area contributed by atoms with E-state index in [1.807, 2.05) is 12.1 Å². The Kier molecular flexibility index (Phi) is 5.90. The highest BCUT2D eigenvalue weighted by Gasteiger charge is 2.55. The Balaban J connectivity index is 1.09. The van der Waals surface area contributed by atoms with Gasteiger partial charge in [0.05, 0.1) is 16.7 Å². The Morgan fingerprint density at radius 3 is 2.52 bits per heavy atom. The van der Waals surface area contributed by atoms with E-state index in [2.05, 4.69) is 20.4 Å². The molecule has 3 fully saturated rings. The van der Waals surface area contributed by atoms with Crippen molar-refractivity contribution in [3.05, 3.63) is 46.6 Å². The number of carbonyl (C=O) groups is 2. The summed E-state index contributed by atoms with van der Waals surface area (Å²) in [5, 5.41) is 20.8. The predicted molar refractivity (Wildman–Crippen MR) is 121 cm³/mol. The van der Waals surface area contributed by atoms with Gasteiger partial charge in [0, 0.05) is 31.1 Å². The van der Waals surface area contributed by atoms with Crippen molar-refractivity contribution < 1.29 is 14.3 Å². The molecule has 1 unspecified atom stereocenters. The van der Waals surface area contributed by atoms with Gasteiger partial charge in [0.1, 0.15) is 18.1 Å². The zero-order valence-electron chi connectivity index (χ0n) is 18.0. The molecule has 3 atom stereocenters. The molecule has 9 heteroatoms. The summed E-state index contributed by atoms with van der Waals surface area (Å²) in [6.07, 6.45) is 4.35. The molecule has 0 bridgehead atoms. The van der Waals surface area contributed by atoms with Crippen LogP contribution in [0.15, 0.2) is 30.3 Å². The number of halogens is 1. The first-order valence-corrected chi connectivity index (χ1v) is 11.6. The number of ether oxygens (including phenoxy) is 1. The van der Waals surface area contributed by atoms with Crippen LogP contribution in [0.4, 0.5) is 5.82 Å². The number of hydrogen-bond donors (Lipinski definition) is 1. The summed E-state index contributed by atoms with van der Waals surface area (Å²) in [7, 11) is 0. The van der Waals surface area contributed by atoms with Crippen molar-refractivity contribution in [3.63, 3.8) is 0 Å². The molecule has 5 rings (SSSR count). The summed E-state index contributed by atoms with van der Waals surface area (Å²) in [6.45, 7) is 1.66. The number of rotatable bonds is 6. The summed E-state index contributed by atoms with van der Waals surface area (Å²) in [6, 6.07) is 10.7. The lowest BCUT2D eigenvalue weighted by molar-refractivity contribution is -0.109. The van der Waals surface area contributed by atoms with E-state index in [4.69, 9.17) is 21.6 Å². The van der Waals surface area contributed by atoms with Crippen molar-refractivity contribution in [2.45, 2.75) is 37.8 Å². The van der Waals surface area contributed by atoms with Crippen LogP contribution < -0.4 is 15.0 Å². The fourth-order valence-corrected chi connectivity index (χ4v) is 5.23. The van der Waals surface area contributed by atoms with Crippen molar-refractivity contribution in [2.75, 3.05) is 18.0 Å². The molecular formula is C24H24ClN5O3. The number of aldehydes is 1. The van der Waals surface area contributed by atoms with Gasteiger partial charge < -0.3 is 19.7 Å². The predicted octanol–water partition coefficient (Wildman–Crippen LogP) is 3.00. The molecule has 1 aliphatic heterocycles. The zero-order chi connectivity index (χ0) is 22.9. The minimum atomic E-state index is -0.220. The molecule has 1 saturated heterocycles. The van der Waals surface area contributed by atoms with E-state index in [0.717, 1.165) is 50.9 Å². The van der Waals surface area contributed by atoms with Crippen molar-refractivity contribution in [1.29, 1.82) is 5.26 Å². The molecule has 1 N–H and O–H groups in total. The van der Waals surface area contributed by atoms with Crippen LogP contribution in [-0.2, 0) is 4.79 Å². The molecule has 1 aromatic heterocycles. The SMILES string of the molecule is N#Cc1ccc(OC2CCC(NC(=O)c3ccc(N4C[C@@H]5C(C=O)[C@@H]5C4)nn3)CC2)cc1Cl. The van der Waals surface area contributed by atoms with E-state index < -0.39 is 0 Å². The first-order chi connectivity index (χ1) is 16.1. The maximum Gasteiger partial charge on any atom is 0.272 e. The van der Waals surface area contributed by atoms with Crippen LogP contribution in [-0.4, -0.2) is 47.6 Å². The fourth-order valence-electron chi connectivity index (χ4n) is 5.01. The van der Waals surface area contributed by atoms with Crippen molar-refractivity contribution in [1.82, 2.24) is 15.5 Å². The van der Waals surface area contributed by atoms with Crippen LogP contribution in [0.1, 0.15) is 41.7 Å². The van der Waals surface area contributed by atoms with E-state index in [1.165, 1.54) is 0 Å². The number of fused-ring (bicyclic) bond motifs is 1. The summed E-state index contributed by atoms with van der Waals surface area (Å²) in [4.78, 5) is 25.7. The number of hydrogen-bond acceptors (Lipinski definition) is 7. The van der Waals surface area contributed by atoms with E-state index in [-0.39, 0.29) is 24.0 Å². The monoisotopic (exact) mass is 465 g/mol. The van der Waals surface area contributed by atoms with Gasteiger partial charge in [-0.15, -0.1) is 10.2 Å². The molecule has 170 valence electrons. The average molecular weight is 466 g/mol. The number of nitrogens with one attached hydrogen (secondary N) is 1. The van der Waals surface area contributed by atoms with Crippen molar-refractivity contribution in [2.24, 2.45) is 17.8 Å². The average Bonchev–Trinajstić information content (AvgIpc) is 3.30. The lowest BCUT2D eigenvalue weighted by Gasteiger charge is -2.29. The van der Waals surface area contributed by atoms with E-state index in [1.54, 1.807) is 24.3 Å². The number of anilines is 1. The van der Waals surface area contributed by atoms with Crippen LogP contribution >= 0.6 is 11.6 Å². The molecule has 33 heavy (non-hydrogen) atoms. The van der Waals surface area contributed by atoms with Crippen LogP contribution in [0.25, 0.3) is 0 Å². The first kappa shape index (κ1) is 21.7. The Labute approximate surface area is 196 Å². The summed E-state index contributed by atoms with van der Waals surface area (Å²) in [5.41, 5.74) is 0.731. The van der Waals surface area contributed by atoms with Gasteiger partial charge >= 0.3 is 0 Å². The van der Waals surface area contributed by atoms with Crippen molar-refractivity contribution >= 4 is 29.6 Å². The van der Waals surface area contributed by atoms with Crippen molar-refractivity contribution in [3.8, 4) is 11.8 Å². The maximum atomic E-state index is 12.6. The molecule has 1 amide bonds. The molecule has 1 aromatic carbocycles. The molecular weight excluding hydrogens is 442 g/mol. The molecule has 8 nitrogen and oxygen atoms in total. The Morgan fingerprint density at radius 2 is 1.91 bits per heavy atom. The number of carbonyl (C=O) groups excluding carboxylic acids is 2. The molecule has 2 heterocycles. The lowest BCUT2D eigenvalue weighted by Crippen LogP contribution is -2.40. The Bertz CT molecular complexity index is 1080. The summed E-state index contributed by atoms with van der Waals surface area (Å²) >= 11 is 6.08. The number of nitrogens with zero attached hydrogens (tertiary/aromatic N) is 4. The van der Waals surface area contributed by atoms with Crippen LogP contribution in [0.5, 0.6) is 5.75 Å². The minimum Gasteiger partial charge on any atom is -0.490 e. The largest absolute Gasteiger partial charge is 0.490 e. The van der Waals surface area contributed by atoms with Gasteiger partial charge in [0.2, 0.25) is 0 Å². The molecule has 0 spiro atoms. The highest BCUT2D eigenvalue weighted by molar-refractivity contribution is 6.31. The second-order valence-electron chi connectivity index (χ2n) is 9.04. The van der Waals surface area contributed by atoms with Crippen LogP contribution in [0, 0.1) is 29.1 Å². The maximum absolute atomic E-state index is 12.6. The topological polar surface area (TPSA) is 108 Å². The minimum absolute atomic E-state index is 0.0479. The molecule has 3 aliphatic rings. The first-order valence-electron chi connectivity index (χ1n) is 11.3. The van der Waals surface area contributed by atoms with Gasteiger partial charge in [-0.05, 0) is 61.8 Å². The second kappa shape index (κ2) is 8.99. The molecule has 2 saturated carbocycles. The third-order valence-electron chi connectivity index (χ3n) is 7.00. The van der Waals surface area contributed by atoms with Gasteiger partial charge in [-0.25, -0.2) is 0 Å². The fraction of sp³-hybridized carbons (Fsp3) is 0.458. The number of aromatic nitrogens is 2. The lowest BCUT2D eigenvalue weighted by atomic mass is 9.93. The molecule has 0 radical (unpaired) electrons. The second-order valence-corrected chi connectivity index (χ2v) is 9.45. The number of amides is 1. The standard InChI is InChI=1S/C24H24ClN5O3/c25-21-9-17(4-1-14(21)10-26)33-16-5-2-15(3-6-16)27-24(32)22-7-8-23(29-28-22)30-11-18-19(12-30)20(18)13-31/h1,4,7-9,13,15-16,18-20H,2-3,5-6,11-12H2,(H,27,32)/t15?,16?,18-,19+,20?. The molecule has 2 aliphatic carbocycles. The van der Waals surface area contributed by atoms with Gasteiger partial charge in [-0.2, -0.15) is 5.26 Å². The molecule has 2 aromatic rings. The normalized spacial score (nSPS) is 27.9. The third kappa shape index (κ3) is 4.51. The van der Waals surface area contributed by atoms with Gasteiger partial charge in [0.25, 0.3) is 5.91 Å². The van der Waals surface area contributed by atoms with Crippen LogP contribution in [0.3, 0.4) is 0 Å². The Morgan fingerprint density at radius 1 is 1.15 bits per heavy atom. The number of piperidine rings is 1. The zero-order valence-corrected chi connectivity index (χ0v) is 18.7. The van der Waals surface area contributed by atoms with Crippen LogP contribution in [0.2, 0.25) is 5.02 Å². The smallest absolute Gasteiger partial charge is 0.272 e. The highest BCUT2D eigenvalue weighted by atomic mass is 35.5. The summed E-state index contributed by atoms with van der Waals surface area (Å²) < 4.78 is 6.01. The van der Waals surface area contributed by atoms with E-state index >= 15 is 0 Å².